The van der Waals surface area contributed by atoms with Crippen molar-refractivity contribution in [1.29, 1.82) is 5.26 Å². The summed E-state index contributed by atoms with van der Waals surface area (Å²) in [4.78, 5) is 30.8. The second-order valence-electron chi connectivity index (χ2n) is 6.29. The van der Waals surface area contributed by atoms with Gasteiger partial charge >= 0.3 is 5.97 Å². The minimum absolute atomic E-state index is 0.0751. The first-order chi connectivity index (χ1) is 15.0. The summed E-state index contributed by atoms with van der Waals surface area (Å²) in [5.74, 6) is 0.550. The molecule has 0 spiro atoms. The van der Waals surface area contributed by atoms with Crippen LogP contribution in [0, 0.1) is 21.4 Å². The lowest BCUT2D eigenvalue weighted by atomic mass is 10.0. The van der Waals surface area contributed by atoms with Gasteiger partial charge in [-0.25, -0.2) is 14.8 Å². The third kappa shape index (κ3) is 5.30. The maximum atomic E-state index is 12.1. The molecule has 0 radical (unpaired) electrons. The van der Waals surface area contributed by atoms with Crippen molar-refractivity contribution in [2.24, 2.45) is 0 Å². The van der Waals surface area contributed by atoms with Crippen molar-refractivity contribution >= 4 is 23.3 Å². The van der Waals surface area contributed by atoms with Crippen LogP contribution in [0.15, 0.2) is 54.7 Å². The first-order valence-electron chi connectivity index (χ1n) is 9.20. The highest BCUT2D eigenvalue weighted by Gasteiger charge is 2.16. The van der Waals surface area contributed by atoms with Gasteiger partial charge in [0.1, 0.15) is 17.8 Å². The van der Waals surface area contributed by atoms with Crippen LogP contribution in [0.2, 0.25) is 0 Å². The zero-order valence-corrected chi connectivity index (χ0v) is 16.5. The molecular formula is C21H18N6O4. The summed E-state index contributed by atoms with van der Waals surface area (Å²) < 4.78 is 4.84. The van der Waals surface area contributed by atoms with Crippen molar-refractivity contribution in [3.8, 4) is 17.3 Å². The number of nitriles is 1. The van der Waals surface area contributed by atoms with E-state index < -0.39 is 10.9 Å². The lowest BCUT2D eigenvalue weighted by Gasteiger charge is -2.12. The largest absolute Gasteiger partial charge is 0.465 e. The van der Waals surface area contributed by atoms with E-state index in [0.29, 0.717) is 47.1 Å². The summed E-state index contributed by atoms with van der Waals surface area (Å²) >= 11 is 0. The molecule has 3 aromatic rings. The van der Waals surface area contributed by atoms with Crippen LogP contribution in [0.3, 0.4) is 0 Å². The molecule has 2 aromatic heterocycles. The third-order valence-corrected chi connectivity index (χ3v) is 4.28. The monoisotopic (exact) mass is 418 g/mol. The first-order valence-corrected chi connectivity index (χ1v) is 9.20. The highest BCUT2D eigenvalue weighted by molar-refractivity contribution is 5.96. The molecular weight excluding hydrogens is 400 g/mol. The summed E-state index contributed by atoms with van der Waals surface area (Å²) in [6.45, 7) is 0.966. The standard InChI is InChI=1S/C21H18N6O4/c1-31-21(28)17-7-9-19(26-20(17)15-4-2-14(12-22)3-5-15)24-11-10-23-18-8-6-16(13-25-18)27(29)30/h2-9,13H,10-11H2,1H3,(H,23,25)(H,24,26). The summed E-state index contributed by atoms with van der Waals surface area (Å²) in [6.07, 6.45) is 1.19. The molecule has 0 atom stereocenters. The number of carbonyl (C=O) groups is 1. The number of nitrogens with zero attached hydrogens (tertiary/aromatic N) is 4. The van der Waals surface area contributed by atoms with E-state index in [0.717, 1.165) is 0 Å². The minimum Gasteiger partial charge on any atom is -0.465 e. The van der Waals surface area contributed by atoms with Gasteiger partial charge in [-0.3, -0.25) is 10.1 Å². The molecule has 1 aromatic carbocycles. The molecule has 0 aliphatic rings. The van der Waals surface area contributed by atoms with E-state index in [9.17, 15) is 14.9 Å². The van der Waals surface area contributed by atoms with Crippen LogP contribution < -0.4 is 10.6 Å². The van der Waals surface area contributed by atoms with E-state index in [2.05, 4.69) is 26.7 Å². The fourth-order valence-corrected chi connectivity index (χ4v) is 2.73. The molecule has 156 valence electrons. The van der Waals surface area contributed by atoms with Crippen molar-refractivity contribution in [2.45, 2.75) is 0 Å². The molecule has 2 heterocycles. The molecule has 3 rings (SSSR count). The molecule has 0 aliphatic carbocycles. The zero-order chi connectivity index (χ0) is 22.2. The normalized spacial score (nSPS) is 10.1. The van der Waals surface area contributed by atoms with Crippen LogP contribution in [0.25, 0.3) is 11.3 Å². The predicted molar refractivity (Wildman–Crippen MR) is 114 cm³/mol. The van der Waals surface area contributed by atoms with Gasteiger partial charge in [0.25, 0.3) is 5.69 Å². The van der Waals surface area contributed by atoms with Gasteiger partial charge in [-0.15, -0.1) is 0 Å². The van der Waals surface area contributed by atoms with Gasteiger partial charge in [-0.05, 0) is 30.3 Å². The Morgan fingerprint density at radius 3 is 2.35 bits per heavy atom. The molecule has 31 heavy (non-hydrogen) atoms. The molecule has 0 saturated heterocycles. The molecule has 10 heteroatoms. The number of benzene rings is 1. The van der Waals surface area contributed by atoms with Crippen LogP contribution in [0.1, 0.15) is 15.9 Å². The number of aromatic nitrogens is 2. The Morgan fingerprint density at radius 2 is 1.77 bits per heavy atom. The molecule has 0 amide bonds. The van der Waals surface area contributed by atoms with E-state index in [1.54, 1.807) is 36.4 Å². The van der Waals surface area contributed by atoms with Gasteiger partial charge in [0.2, 0.25) is 0 Å². The number of pyridine rings is 2. The van der Waals surface area contributed by atoms with Crippen LogP contribution in [0.4, 0.5) is 17.3 Å². The molecule has 0 fully saturated rings. The number of nitro groups is 1. The molecule has 0 bridgehead atoms. The summed E-state index contributed by atoms with van der Waals surface area (Å²) in [6, 6.07) is 15.0. The number of rotatable bonds is 8. The highest BCUT2D eigenvalue weighted by Crippen LogP contribution is 2.25. The molecule has 10 nitrogen and oxygen atoms in total. The summed E-state index contributed by atoms with van der Waals surface area (Å²) in [5.41, 5.74) is 1.85. The Morgan fingerprint density at radius 1 is 1.10 bits per heavy atom. The van der Waals surface area contributed by atoms with E-state index >= 15 is 0 Å². The van der Waals surface area contributed by atoms with Crippen molar-refractivity contribution in [3.63, 3.8) is 0 Å². The number of nitrogens with one attached hydrogen (secondary N) is 2. The number of hydrogen-bond acceptors (Lipinski definition) is 9. The lowest BCUT2D eigenvalue weighted by molar-refractivity contribution is -0.385. The maximum absolute atomic E-state index is 12.1. The number of methoxy groups -OCH3 is 1. The Hall–Kier alpha value is -4.52. The molecule has 2 N–H and O–H groups in total. The molecule has 0 unspecified atom stereocenters. The Kier molecular flexibility index (Phi) is 6.70. The van der Waals surface area contributed by atoms with Gasteiger partial charge in [-0.1, -0.05) is 12.1 Å². The minimum atomic E-state index is -0.510. The second-order valence-corrected chi connectivity index (χ2v) is 6.29. The van der Waals surface area contributed by atoms with Crippen molar-refractivity contribution in [1.82, 2.24) is 9.97 Å². The SMILES string of the molecule is COC(=O)c1ccc(NCCNc2ccc([N+](=O)[O-])cn2)nc1-c1ccc(C#N)cc1. The first kappa shape index (κ1) is 21.2. The van der Waals surface area contributed by atoms with Crippen molar-refractivity contribution in [2.75, 3.05) is 30.8 Å². The Bertz CT molecular complexity index is 1120. The zero-order valence-electron chi connectivity index (χ0n) is 16.5. The Balaban J connectivity index is 1.69. The van der Waals surface area contributed by atoms with Crippen LogP contribution in [0.5, 0.6) is 0 Å². The molecule has 0 saturated carbocycles. The van der Waals surface area contributed by atoms with Gasteiger partial charge < -0.3 is 15.4 Å². The fraction of sp³-hybridized carbons (Fsp3) is 0.143. The second kappa shape index (κ2) is 9.80. The van der Waals surface area contributed by atoms with E-state index in [-0.39, 0.29) is 5.69 Å². The maximum Gasteiger partial charge on any atom is 0.340 e. The average molecular weight is 418 g/mol. The van der Waals surface area contributed by atoms with E-state index in [1.807, 2.05) is 0 Å². The molecule has 0 aliphatic heterocycles. The van der Waals surface area contributed by atoms with Crippen LogP contribution >= 0.6 is 0 Å². The number of hydrogen-bond donors (Lipinski definition) is 2. The fourth-order valence-electron chi connectivity index (χ4n) is 2.73. The predicted octanol–water partition coefficient (Wildman–Crippen LogP) is 3.23. The smallest absolute Gasteiger partial charge is 0.340 e. The number of ether oxygens (including phenoxy) is 1. The van der Waals surface area contributed by atoms with E-state index in [1.165, 1.54) is 25.4 Å². The average Bonchev–Trinajstić information content (AvgIpc) is 2.81. The van der Waals surface area contributed by atoms with E-state index in [4.69, 9.17) is 10.00 Å². The van der Waals surface area contributed by atoms with Gasteiger partial charge in [-0.2, -0.15) is 5.26 Å². The number of carbonyl (C=O) groups excluding carboxylic acids is 1. The quantitative estimate of drug-likeness (QED) is 0.244. The Labute approximate surface area is 177 Å². The highest BCUT2D eigenvalue weighted by atomic mass is 16.6. The van der Waals surface area contributed by atoms with Gasteiger partial charge in [0.05, 0.1) is 34.9 Å². The van der Waals surface area contributed by atoms with Crippen molar-refractivity contribution in [3.05, 3.63) is 76.0 Å². The number of esters is 1. The number of anilines is 2. The third-order valence-electron chi connectivity index (χ3n) is 4.28. The van der Waals surface area contributed by atoms with Crippen LogP contribution in [-0.2, 0) is 4.74 Å². The lowest BCUT2D eigenvalue weighted by Crippen LogP contribution is -2.15. The van der Waals surface area contributed by atoms with Gasteiger partial charge in [0, 0.05) is 24.7 Å². The summed E-state index contributed by atoms with van der Waals surface area (Å²) in [7, 11) is 1.30. The topological polar surface area (TPSA) is 143 Å². The summed E-state index contributed by atoms with van der Waals surface area (Å²) in [5, 5.41) is 25.8. The van der Waals surface area contributed by atoms with Gasteiger partial charge in [0.15, 0.2) is 0 Å². The van der Waals surface area contributed by atoms with Crippen LogP contribution in [-0.4, -0.2) is 41.1 Å². The van der Waals surface area contributed by atoms with Crippen molar-refractivity contribution < 1.29 is 14.5 Å².